The van der Waals surface area contributed by atoms with Crippen LogP contribution < -0.4 is 18.9 Å². The van der Waals surface area contributed by atoms with Gasteiger partial charge in [0.05, 0.1) is 7.11 Å². The molecule has 78 heavy (non-hydrogen) atoms. The molecule has 11 nitrogen and oxygen atoms in total. The van der Waals surface area contributed by atoms with E-state index in [-0.39, 0.29) is 40.4 Å². The Kier molecular flexibility index (Phi) is 14.8. The second kappa shape index (κ2) is 22.8. The van der Waals surface area contributed by atoms with Crippen LogP contribution in [0.25, 0.3) is 0 Å². The Morgan fingerprint density at radius 3 is 0.500 bits per heavy atom. The highest BCUT2D eigenvalue weighted by Crippen LogP contribution is 2.29. The molecule has 1 N–H and O–H groups in total. The topological polar surface area (TPSA) is 160 Å². The summed E-state index contributed by atoms with van der Waals surface area (Å²) in [6.45, 7) is 0. The number of ether oxygens (including phenoxy) is 4. The third kappa shape index (κ3) is 11.8. The standard InChI is InChI=1S/C67H44O11/c1-75-55-28-12-47(13-29-55)62(69)42-2-4-43(5-3-42)63(70)48-16-32-57(33-17-48)77-60-38-22-52(23-39-60)67(74)53-24-40-61(41-25-53)78-58-34-18-50(19-35-58)65(72)45-8-6-44(7-9-45)64(71)49-14-30-56(31-15-49)76-59-36-20-51(21-37-59)66(73)46-10-26-54(68)27-11-46/h2-41,68H,1H3. The van der Waals surface area contributed by atoms with E-state index in [0.29, 0.717) is 107 Å². The van der Waals surface area contributed by atoms with Gasteiger partial charge >= 0.3 is 0 Å². The zero-order chi connectivity index (χ0) is 54.1. The third-order valence-corrected chi connectivity index (χ3v) is 12.7. The van der Waals surface area contributed by atoms with Crippen LogP contribution in [-0.4, -0.2) is 46.9 Å². The van der Waals surface area contributed by atoms with Crippen molar-refractivity contribution in [2.24, 2.45) is 0 Å². The maximum absolute atomic E-state index is 13.4. The Balaban J connectivity index is 0.677. The lowest BCUT2D eigenvalue weighted by molar-refractivity contribution is 0.102. The van der Waals surface area contributed by atoms with Crippen molar-refractivity contribution in [2.45, 2.75) is 0 Å². The van der Waals surface area contributed by atoms with Crippen LogP contribution >= 0.6 is 0 Å². The number of rotatable bonds is 19. The summed E-state index contributed by atoms with van der Waals surface area (Å²) in [4.78, 5) is 79.1. The predicted octanol–water partition coefficient (Wildman–Crippen LogP) is 14.2. The van der Waals surface area contributed by atoms with Gasteiger partial charge < -0.3 is 24.1 Å². The SMILES string of the molecule is COc1ccc(C(=O)c2ccc(C(=O)c3ccc(Oc4ccc(C(=O)c5ccc(Oc6ccc(C(=O)c7ccc(C(=O)c8ccc(Oc9ccc(C(=O)c%10ccc(O)cc%10)cc9)cc8)cc7)cc6)cc5)cc4)cc3)cc2)cc1. The van der Waals surface area contributed by atoms with Gasteiger partial charge in [-0.15, -0.1) is 0 Å². The van der Waals surface area contributed by atoms with Gasteiger partial charge in [0.25, 0.3) is 0 Å². The third-order valence-electron chi connectivity index (χ3n) is 12.7. The van der Waals surface area contributed by atoms with E-state index in [1.54, 1.807) is 238 Å². The van der Waals surface area contributed by atoms with E-state index >= 15 is 0 Å². The largest absolute Gasteiger partial charge is 0.508 e. The maximum atomic E-state index is 13.4. The number of benzene rings is 10. The summed E-state index contributed by atoms with van der Waals surface area (Å²) in [7, 11) is 1.56. The molecule has 0 saturated heterocycles. The Bertz CT molecular complexity index is 3810. The average Bonchev–Trinajstić information content (AvgIpc) is 3.50. The number of aromatic hydroxyl groups is 1. The summed E-state index contributed by atoms with van der Waals surface area (Å²) in [5, 5.41) is 9.51. The summed E-state index contributed by atoms with van der Waals surface area (Å²) < 4.78 is 23.1. The van der Waals surface area contributed by atoms with Crippen LogP contribution in [0.2, 0.25) is 0 Å². The average molecular weight is 1030 g/mol. The zero-order valence-electron chi connectivity index (χ0n) is 41.6. The van der Waals surface area contributed by atoms with E-state index < -0.39 is 0 Å². The minimum absolute atomic E-state index is 0.0817. The molecule has 0 aliphatic heterocycles. The molecule has 0 aromatic heterocycles. The molecule has 0 unspecified atom stereocenters. The van der Waals surface area contributed by atoms with Crippen LogP contribution in [0.3, 0.4) is 0 Å². The van der Waals surface area contributed by atoms with Crippen molar-refractivity contribution < 1.29 is 52.8 Å². The van der Waals surface area contributed by atoms with Gasteiger partial charge in [0.1, 0.15) is 46.0 Å². The predicted molar refractivity (Wildman–Crippen MR) is 293 cm³/mol. The van der Waals surface area contributed by atoms with Crippen LogP contribution in [0.5, 0.6) is 46.0 Å². The number of phenolic OH excluding ortho intramolecular Hbond substituents is 1. The highest BCUT2D eigenvalue weighted by molar-refractivity contribution is 6.13. The first-order valence-corrected chi connectivity index (χ1v) is 24.5. The minimum atomic E-state index is -0.230. The highest BCUT2D eigenvalue weighted by Gasteiger charge is 2.17. The van der Waals surface area contributed by atoms with Crippen LogP contribution in [0.4, 0.5) is 0 Å². The lowest BCUT2D eigenvalue weighted by Crippen LogP contribution is -2.04. The fraction of sp³-hybridized carbons (Fsp3) is 0.0149. The molecule has 0 fully saturated rings. The monoisotopic (exact) mass is 1020 g/mol. The second-order valence-corrected chi connectivity index (χ2v) is 17.9. The first-order valence-electron chi connectivity index (χ1n) is 24.5. The molecule has 0 radical (unpaired) electrons. The van der Waals surface area contributed by atoms with Gasteiger partial charge in [-0.2, -0.15) is 0 Å². The number of ketones is 6. The first-order chi connectivity index (χ1) is 37.9. The number of carbonyl (C=O) groups is 6. The van der Waals surface area contributed by atoms with Crippen LogP contribution in [0.1, 0.15) is 95.5 Å². The van der Waals surface area contributed by atoms with Crippen LogP contribution in [0.15, 0.2) is 243 Å². The Hall–Kier alpha value is -10.8. The molecule has 0 heterocycles. The normalized spacial score (nSPS) is 10.7. The van der Waals surface area contributed by atoms with E-state index in [9.17, 15) is 33.9 Å². The summed E-state index contributed by atoms with van der Waals surface area (Å²) in [6.07, 6.45) is 0. The molecule has 0 saturated carbocycles. The number of hydrogen-bond acceptors (Lipinski definition) is 11. The van der Waals surface area contributed by atoms with Crippen molar-refractivity contribution in [3.63, 3.8) is 0 Å². The summed E-state index contributed by atoms with van der Waals surface area (Å²) in [5.74, 6) is 2.54. The Labute approximate surface area is 448 Å². The van der Waals surface area contributed by atoms with Crippen LogP contribution in [-0.2, 0) is 0 Å². The molecular weight excluding hydrogens is 981 g/mol. The second-order valence-electron chi connectivity index (χ2n) is 17.9. The molecule has 0 aliphatic carbocycles. The van der Waals surface area contributed by atoms with Crippen molar-refractivity contribution in [1.82, 2.24) is 0 Å². The number of methoxy groups -OCH3 is 1. The van der Waals surface area contributed by atoms with Gasteiger partial charge in [0.15, 0.2) is 34.7 Å². The Morgan fingerprint density at radius 1 is 0.218 bits per heavy atom. The smallest absolute Gasteiger partial charge is 0.193 e. The lowest BCUT2D eigenvalue weighted by atomic mass is 9.98. The summed E-state index contributed by atoms with van der Waals surface area (Å²) >= 11 is 0. The maximum Gasteiger partial charge on any atom is 0.193 e. The van der Waals surface area contributed by atoms with Gasteiger partial charge in [0, 0.05) is 66.8 Å². The Morgan fingerprint density at radius 2 is 0.346 bits per heavy atom. The van der Waals surface area contributed by atoms with Crippen molar-refractivity contribution >= 4 is 34.7 Å². The van der Waals surface area contributed by atoms with Crippen molar-refractivity contribution in [3.05, 3.63) is 309 Å². The first kappa shape index (κ1) is 50.7. The molecule has 0 bridgehead atoms. The molecule has 0 spiro atoms. The minimum Gasteiger partial charge on any atom is -0.508 e. The van der Waals surface area contributed by atoms with E-state index in [1.165, 1.54) is 12.1 Å². The van der Waals surface area contributed by atoms with Gasteiger partial charge in [-0.05, 0) is 194 Å². The van der Waals surface area contributed by atoms with Gasteiger partial charge in [-0.1, -0.05) is 48.5 Å². The van der Waals surface area contributed by atoms with Crippen molar-refractivity contribution in [1.29, 1.82) is 0 Å². The molecule has 0 amide bonds. The molecule has 378 valence electrons. The van der Waals surface area contributed by atoms with E-state index in [0.717, 1.165) is 0 Å². The van der Waals surface area contributed by atoms with E-state index in [1.807, 2.05) is 0 Å². The summed E-state index contributed by atoms with van der Waals surface area (Å²) in [6, 6.07) is 66.1. The quantitative estimate of drug-likeness (QED) is 0.0768. The molecule has 10 aromatic carbocycles. The van der Waals surface area contributed by atoms with E-state index in [2.05, 4.69) is 0 Å². The molecule has 0 aliphatic rings. The number of carbonyl (C=O) groups excluding carboxylic acids is 6. The van der Waals surface area contributed by atoms with E-state index in [4.69, 9.17) is 18.9 Å². The molecule has 10 rings (SSSR count). The van der Waals surface area contributed by atoms with Crippen LogP contribution in [0, 0.1) is 0 Å². The van der Waals surface area contributed by atoms with Crippen molar-refractivity contribution in [2.75, 3.05) is 7.11 Å². The zero-order valence-corrected chi connectivity index (χ0v) is 41.6. The van der Waals surface area contributed by atoms with Crippen molar-refractivity contribution in [3.8, 4) is 46.0 Å². The molecule has 11 heteroatoms. The van der Waals surface area contributed by atoms with Gasteiger partial charge in [-0.25, -0.2) is 0 Å². The fourth-order valence-electron chi connectivity index (χ4n) is 8.36. The van der Waals surface area contributed by atoms with Gasteiger partial charge in [0.2, 0.25) is 0 Å². The fourth-order valence-corrected chi connectivity index (χ4v) is 8.36. The summed E-state index contributed by atoms with van der Waals surface area (Å²) in [5.41, 5.74) is 5.40. The highest BCUT2D eigenvalue weighted by atomic mass is 16.5. The lowest BCUT2D eigenvalue weighted by Gasteiger charge is -2.09. The molecule has 0 atom stereocenters. The number of phenols is 1. The number of hydrogen-bond donors (Lipinski definition) is 1. The van der Waals surface area contributed by atoms with Gasteiger partial charge in [-0.3, -0.25) is 28.8 Å². The molecular formula is C67H44O11. The molecule has 10 aromatic rings.